The highest BCUT2D eigenvalue weighted by Gasteiger charge is 2.30. The number of amides is 1. The Morgan fingerprint density at radius 1 is 1.38 bits per heavy atom. The molecule has 0 unspecified atom stereocenters. The Labute approximate surface area is 141 Å². The van der Waals surface area contributed by atoms with Crippen LogP contribution in [0.2, 0.25) is 0 Å². The van der Waals surface area contributed by atoms with E-state index in [0.29, 0.717) is 5.56 Å². The molecule has 0 aliphatic carbocycles. The molecule has 1 amide bonds. The van der Waals surface area contributed by atoms with Crippen LogP contribution in [-0.2, 0) is 6.42 Å². The van der Waals surface area contributed by atoms with Crippen molar-refractivity contribution in [2.24, 2.45) is 0 Å². The highest BCUT2D eigenvalue weighted by atomic mass is 19.1. The second-order valence-corrected chi connectivity index (χ2v) is 6.47. The van der Waals surface area contributed by atoms with Gasteiger partial charge < -0.3 is 4.90 Å². The van der Waals surface area contributed by atoms with E-state index < -0.39 is 0 Å². The number of hydrogen-bond donors (Lipinski definition) is 1. The summed E-state index contributed by atoms with van der Waals surface area (Å²) in [5.74, 6) is -0.230. The Bertz CT molecular complexity index is 695. The van der Waals surface area contributed by atoms with E-state index >= 15 is 0 Å². The summed E-state index contributed by atoms with van der Waals surface area (Å²) in [7, 11) is 3.50. The van der Waals surface area contributed by atoms with Gasteiger partial charge in [-0.05, 0) is 43.5 Å². The Morgan fingerprint density at radius 2 is 2.12 bits per heavy atom. The van der Waals surface area contributed by atoms with Crippen LogP contribution in [-0.4, -0.2) is 53.1 Å². The average Bonchev–Trinajstić information content (AvgIpc) is 3.22. The lowest BCUT2D eigenvalue weighted by atomic mass is 10.1. The van der Waals surface area contributed by atoms with Crippen molar-refractivity contribution < 1.29 is 9.18 Å². The zero-order valence-corrected chi connectivity index (χ0v) is 14.1. The maximum Gasteiger partial charge on any atom is 0.256 e. The van der Waals surface area contributed by atoms with E-state index in [2.05, 4.69) is 15.1 Å². The minimum atomic E-state index is -0.206. The zero-order chi connectivity index (χ0) is 17.1. The van der Waals surface area contributed by atoms with Crippen molar-refractivity contribution in [2.45, 2.75) is 25.3 Å². The third-order valence-electron chi connectivity index (χ3n) is 4.60. The van der Waals surface area contributed by atoms with Crippen molar-refractivity contribution in [2.75, 3.05) is 27.2 Å². The normalized spacial score (nSPS) is 18.0. The van der Waals surface area contributed by atoms with Crippen LogP contribution in [0.1, 0.15) is 40.5 Å². The summed E-state index contributed by atoms with van der Waals surface area (Å²) < 4.78 is 13.0. The number of carbonyl (C=O) groups is 1. The zero-order valence-electron chi connectivity index (χ0n) is 14.1. The first-order valence-electron chi connectivity index (χ1n) is 8.29. The first-order chi connectivity index (χ1) is 11.6. The molecule has 0 radical (unpaired) electrons. The Hall–Kier alpha value is -2.21. The molecule has 1 atom stereocenters. The van der Waals surface area contributed by atoms with Crippen LogP contribution < -0.4 is 0 Å². The van der Waals surface area contributed by atoms with Gasteiger partial charge in [-0.3, -0.25) is 14.8 Å². The second kappa shape index (κ2) is 7.13. The lowest BCUT2D eigenvalue weighted by Gasteiger charge is -2.24. The molecule has 1 aliphatic heterocycles. The Kier molecular flexibility index (Phi) is 4.94. The maximum absolute atomic E-state index is 13.0. The number of H-pyrrole nitrogens is 1. The SMILES string of the molecule is CN(C)C(=O)c1cn[nH]c1[C@@H]1CCCN1CCc1ccc(F)cc1. The number of benzene rings is 1. The van der Waals surface area contributed by atoms with Crippen molar-refractivity contribution in [3.8, 4) is 0 Å². The monoisotopic (exact) mass is 330 g/mol. The molecule has 1 saturated heterocycles. The molecule has 1 aromatic heterocycles. The van der Waals surface area contributed by atoms with Gasteiger partial charge in [-0.2, -0.15) is 5.10 Å². The van der Waals surface area contributed by atoms with Gasteiger partial charge in [0, 0.05) is 20.6 Å². The lowest BCUT2D eigenvalue weighted by Crippen LogP contribution is -2.29. The van der Waals surface area contributed by atoms with Crippen molar-refractivity contribution >= 4 is 5.91 Å². The smallest absolute Gasteiger partial charge is 0.256 e. The molecule has 1 aliphatic rings. The third kappa shape index (κ3) is 3.48. The number of aromatic amines is 1. The molecule has 1 N–H and O–H groups in total. The van der Waals surface area contributed by atoms with E-state index in [1.54, 1.807) is 25.2 Å². The minimum Gasteiger partial charge on any atom is -0.345 e. The molecule has 0 spiro atoms. The lowest BCUT2D eigenvalue weighted by molar-refractivity contribution is 0.0824. The Morgan fingerprint density at radius 3 is 2.83 bits per heavy atom. The summed E-state index contributed by atoms with van der Waals surface area (Å²) in [4.78, 5) is 16.3. The summed E-state index contributed by atoms with van der Waals surface area (Å²) in [6.45, 7) is 1.88. The highest BCUT2D eigenvalue weighted by Crippen LogP contribution is 2.32. The summed E-state index contributed by atoms with van der Waals surface area (Å²) in [5, 5.41) is 7.12. The average molecular weight is 330 g/mol. The summed E-state index contributed by atoms with van der Waals surface area (Å²) in [6, 6.07) is 6.85. The number of carbonyl (C=O) groups excluding carboxylic acids is 1. The molecule has 1 aromatic carbocycles. The van der Waals surface area contributed by atoms with Gasteiger partial charge in [-0.15, -0.1) is 0 Å². The van der Waals surface area contributed by atoms with Gasteiger partial charge in [0.15, 0.2) is 0 Å². The van der Waals surface area contributed by atoms with E-state index in [0.717, 1.165) is 43.6 Å². The van der Waals surface area contributed by atoms with E-state index in [-0.39, 0.29) is 17.8 Å². The second-order valence-electron chi connectivity index (χ2n) is 6.47. The fraction of sp³-hybridized carbons (Fsp3) is 0.444. The van der Waals surface area contributed by atoms with Crippen molar-refractivity contribution in [3.05, 3.63) is 53.1 Å². The quantitative estimate of drug-likeness (QED) is 0.917. The molecular weight excluding hydrogens is 307 g/mol. The van der Waals surface area contributed by atoms with Gasteiger partial charge in [0.1, 0.15) is 5.82 Å². The minimum absolute atomic E-state index is 0.0239. The van der Waals surface area contributed by atoms with Crippen LogP contribution in [0.3, 0.4) is 0 Å². The largest absolute Gasteiger partial charge is 0.345 e. The van der Waals surface area contributed by atoms with E-state index in [1.165, 1.54) is 12.1 Å². The molecule has 6 heteroatoms. The molecule has 0 saturated carbocycles. The third-order valence-corrected chi connectivity index (χ3v) is 4.60. The van der Waals surface area contributed by atoms with Crippen molar-refractivity contribution in [1.29, 1.82) is 0 Å². The van der Waals surface area contributed by atoms with E-state index in [1.807, 2.05) is 12.1 Å². The molecule has 128 valence electrons. The van der Waals surface area contributed by atoms with Gasteiger partial charge in [-0.25, -0.2) is 4.39 Å². The molecule has 2 heterocycles. The first kappa shape index (κ1) is 16.6. The molecule has 24 heavy (non-hydrogen) atoms. The van der Waals surface area contributed by atoms with Gasteiger partial charge in [-0.1, -0.05) is 12.1 Å². The van der Waals surface area contributed by atoms with Gasteiger partial charge in [0.2, 0.25) is 0 Å². The van der Waals surface area contributed by atoms with Gasteiger partial charge >= 0.3 is 0 Å². The van der Waals surface area contributed by atoms with Crippen LogP contribution in [0.5, 0.6) is 0 Å². The van der Waals surface area contributed by atoms with Crippen LogP contribution >= 0.6 is 0 Å². The van der Waals surface area contributed by atoms with Crippen LogP contribution in [0.4, 0.5) is 4.39 Å². The first-order valence-corrected chi connectivity index (χ1v) is 8.29. The van der Waals surface area contributed by atoms with Crippen LogP contribution in [0.15, 0.2) is 30.5 Å². The Balaban J connectivity index is 1.71. The molecule has 0 bridgehead atoms. The molecule has 1 fully saturated rings. The number of nitrogens with one attached hydrogen (secondary N) is 1. The molecule has 5 nitrogen and oxygen atoms in total. The predicted octanol–water partition coefficient (Wildman–Crippen LogP) is 2.63. The number of nitrogens with zero attached hydrogens (tertiary/aromatic N) is 3. The summed E-state index contributed by atoms with van der Waals surface area (Å²) in [6.07, 6.45) is 4.60. The maximum atomic E-state index is 13.0. The number of aromatic nitrogens is 2. The van der Waals surface area contributed by atoms with Crippen LogP contribution in [0, 0.1) is 5.82 Å². The topological polar surface area (TPSA) is 52.2 Å². The van der Waals surface area contributed by atoms with Gasteiger partial charge in [0.05, 0.1) is 23.5 Å². The van der Waals surface area contributed by atoms with E-state index in [4.69, 9.17) is 0 Å². The van der Waals surface area contributed by atoms with Crippen molar-refractivity contribution in [3.63, 3.8) is 0 Å². The van der Waals surface area contributed by atoms with E-state index in [9.17, 15) is 9.18 Å². The number of likely N-dealkylation sites (tertiary alicyclic amines) is 1. The number of hydrogen-bond acceptors (Lipinski definition) is 3. The molecular formula is C18H23FN4O. The van der Waals surface area contributed by atoms with Crippen molar-refractivity contribution in [1.82, 2.24) is 20.0 Å². The summed E-state index contributed by atoms with van der Waals surface area (Å²) in [5.41, 5.74) is 2.68. The molecule has 2 aromatic rings. The summed E-state index contributed by atoms with van der Waals surface area (Å²) >= 11 is 0. The standard InChI is InChI=1S/C18H23FN4O/c1-22(2)18(24)15-12-20-21-17(15)16-4-3-10-23(16)11-9-13-5-7-14(19)8-6-13/h5-8,12,16H,3-4,9-11H2,1-2H3,(H,20,21)/t16-/m0/s1. The van der Waals surface area contributed by atoms with Crippen LogP contribution in [0.25, 0.3) is 0 Å². The number of halogens is 1. The fourth-order valence-electron chi connectivity index (χ4n) is 3.31. The fourth-order valence-corrected chi connectivity index (χ4v) is 3.31. The predicted molar refractivity (Wildman–Crippen MR) is 90.3 cm³/mol. The highest BCUT2D eigenvalue weighted by molar-refractivity contribution is 5.94. The van der Waals surface area contributed by atoms with Gasteiger partial charge in [0.25, 0.3) is 5.91 Å². The number of rotatable bonds is 5. The molecule has 3 rings (SSSR count).